The normalized spacial score (nSPS) is 19.8. The topological polar surface area (TPSA) is 74.6 Å². The summed E-state index contributed by atoms with van der Waals surface area (Å²) in [6.07, 6.45) is 7.33. The van der Waals surface area contributed by atoms with Gasteiger partial charge in [0.05, 0.1) is 18.1 Å². The van der Waals surface area contributed by atoms with Gasteiger partial charge in [-0.1, -0.05) is 25.1 Å². The van der Waals surface area contributed by atoms with E-state index in [0.717, 1.165) is 29.9 Å². The van der Waals surface area contributed by atoms with Crippen molar-refractivity contribution in [1.29, 1.82) is 0 Å². The van der Waals surface area contributed by atoms with E-state index in [2.05, 4.69) is 34.6 Å². The minimum Gasteiger partial charge on any atom is -0.472 e. The van der Waals surface area contributed by atoms with Crippen LogP contribution in [-0.4, -0.2) is 29.8 Å². The van der Waals surface area contributed by atoms with Crippen LogP contribution in [0.15, 0.2) is 71.7 Å². The summed E-state index contributed by atoms with van der Waals surface area (Å²) in [4.78, 5) is 27.4. The Hall–Kier alpha value is -3.64. The number of hydrogen-bond acceptors (Lipinski definition) is 5. The second kappa shape index (κ2) is 8.48. The highest BCUT2D eigenvalue weighted by molar-refractivity contribution is 6.31. The lowest BCUT2D eigenvalue weighted by Gasteiger charge is -2.23. The third-order valence-electron chi connectivity index (χ3n) is 6.33. The Morgan fingerprint density at radius 3 is 2.66 bits per heavy atom. The molecule has 2 aromatic carbocycles. The number of amides is 2. The Bertz CT molecular complexity index is 1180. The lowest BCUT2D eigenvalue weighted by molar-refractivity contribution is -0.114. The van der Waals surface area contributed by atoms with E-state index in [1.807, 2.05) is 30.3 Å². The van der Waals surface area contributed by atoms with Gasteiger partial charge in [0.25, 0.3) is 11.8 Å². The van der Waals surface area contributed by atoms with Gasteiger partial charge >= 0.3 is 0 Å². The first-order chi connectivity index (χ1) is 15.6. The Morgan fingerprint density at radius 1 is 1.06 bits per heavy atom. The quantitative estimate of drug-likeness (QED) is 0.451. The molecule has 162 valence electrons. The first-order valence-corrected chi connectivity index (χ1v) is 11.0. The van der Waals surface area contributed by atoms with Crippen LogP contribution in [0.5, 0.6) is 0 Å². The van der Waals surface area contributed by atoms with Gasteiger partial charge in [0.1, 0.15) is 0 Å². The summed E-state index contributed by atoms with van der Waals surface area (Å²) in [6.45, 7) is 4.42. The molecule has 6 heteroatoms. The molecule has 1 fully saturated rings. The van der Waals surface area contributed by atoms with Gasteiger partial charge in [-0.15, -0.1) is 0 Å². The fourth-order valence-corrected chi connectivity index (χ4v) is 4.62. The fraction of sp³-hybridized carbons (Fsp3) is 0.231. The molecule has 0 bridgehead atoms. The standard InChI is InChI=1S/C26H25N3O3/c1-2-29-12-3-4-24(29)17-5-8-20(9-6-17)27-15-23-22-14-18(19-11-13-32-16-19)7-10-21(22)25(30)28-26(23)31/h5-11,13-16,24,27H,2-4,12H2,1H3,(H,28,30,31)/b23-15-. The number of nitrogens with zero attached hydrogens (tertiary/aromatic N) is 1. The zero-order valence-electron chi connectivity index (χ0n) is 17.9. The largest absolute Gasteiger partial charge is 0.472 e. The third kappa shape index (κ3) is 3.74. The molecule has 1 saturated heterocycles. The highest BCUT2D eigenvalue weighted by Gasteiger charge is 2.28. The van der Waals surface area contributed by atoms with E-state index in [0.29, 0.717) is 22.7 Å². The van der Waals surface area contributed by atoms with Crippen LogP contribution in [-0.2, 0) is 4.79 Å². The van der Waals surface area contributed by atoms with Gasteiger partial charge < -0.3 is 9.73 Å². The Morgan fingerprint density at radius 2 is 1.91 bits per heavy atom. The Labute approximate surface area is 186 Å². The van der Waals surface area contributed by atoms with Gasteiger partial charge in [0, 0.05) is 34.6 Å². The minimum absolute atomic E-state index is 0.387. The summed E-state index contributed by atoms with van der Waals surface area (Å²) in [6, 6.07) is 16.1. The van der Waals surface area contributed by atoms with Crippen molar-refractivity contribution in [2.24, 2.45) is 0 Å². The number of anilines is 1. The lowest BCUT2D eigenvalue weighted by Crippen LogP contribution is -2.36. The van der Waals surface area contributed by atoms with Crippen LogP contribution in [0.3, 0.4) is 0 Å². The predicted octanol–water partition coefficient (Wildman–Crippen LogP) is 4.83. The monoisotopic (exact) mass is 427 g/mol. The van der Waals surface area contributed by atoms with Gasteiger partial charge in [0.15, 0.2) is 0 Å². The van der Waals surface area contributed by atoms with Crippen molar-refractivity contribution in [3.05, 3.63) is 83.9 Å². The van der Waals surface area contributed by atoms with Crippen LogP contribution in [0.1, 0.15) is 47.3 Å². The number of carbonyl (C=O) groups excluding carboxylic acids is 2. The average Bonchev–Trinajstić information content (AvgIpc) is 3.51. The molecule has 0 radical (unpaired) electrons. The number of benzene rings is 2. The van der Waals surface area contributed by atoms with Gasteiger partial charge in [0.2, 0.25) is 0 Å². The maximum Gasteiger partial charge on any atom is 0.260 e. The van der Waals surface area contributed by atoms with Gasteiger partial charge in [-0.2, -0.15) is 0 Å². The highest BCUT2D eigenvalue weighted by atomic mass is 16.3. The van der Waals surface area contributed by atoms with Crippen molar-refractivity contribution >= 4 is 23.1 Å². The molecule has 5 rings (SSSR count). The molecule has 3 aromatic rings. The van der Waals surface area contributed by atoms with Gasteiger partial charge in [-0.25, -0.2) is 0 Å². The maximum atomic E-state index is 12.6. The smallest absolute Gasteiger partial charge is 0.260 e. The van der Waals surface area contributed by atoms with E-state index in [9.17, 15) is 9.59 Å². The molecule has 2 amide bonds. The summed E-state index contributed by atoms with van der Waals surface area (Å²) in [5.41, 5.74) is 5.47. The maximum absolute atomic E-state index is 12.6. The van der Waals surface area contributed by atoms with Crippen molar-refractivity contribution in [2.75, 3.05) is 18.4 Å². The van der Waals surface area contributed by atoms with E-state index in [4.69, 9.17) is 4.42 Å². The van der Waals surface area contributed by atoms with Crippen molar-refractivity contribution in [3.63, 3.8) is 0 Å². The molecule has 0 spiro atoms. The van der Waals surface area contributed by atoms with E-state index in [1.54, 1.807) is 24.8 Å². The summed E-state index contributed by atoms with van der Waals surface area (Å²) >= 11 is 0. The minimum atomic E-state index is -0.416. The van der Waals surface area contributed by atoms with Crippen molar-refractivity contribution in [3.8, 4) is 11.1 Å². The molecule has 32 heavy (non-hydrogen) atoms. The van der Waals surface area contributed by atoms with Crippen molar-refractivity contribution in [2.45, 2.75) is 25.8 Å². The Balaban J connectivity index is 1.41. The number of likely N-dealkylation sites (tertiary alicyclic amines) is 1. The number of furan rings is 1. The third-order valence-corrected chi connectivity index (χ3v) is 6.33. The zero-order valence-corrected chi connectivity index (χ0v) is 17.9. The average molecular weight is 428 g/mol. The molecule has 1 unspecified atom stereocenters. The number of fused-ring (bicyclic) bond motifs is 1. The van der Waals surface area contributed by atoms with Gasteiger partial charge in [-0.05, 0) is 67.4 Å². The molecule has 0 saturated carbocycles. The molecule has 6 nitrogen and oxygen atoms in total. The number of nitrogens with one attached hydrogen (secondary N) is 2. The van der Waals surface area contributed by atoms with Crippen LogP contribution in [0.2, 0.25) is 0 Å². The van der Waals surface area contributed by atoms with Crippen LogP contribution < -0.4 is 10.6 Å². The number of imide groups is 1. The van der Waals surface area contributed by atoms with Crippen LogP contribution in [0.4, 0.5) is 5.69 Å². The van der Waals surface area contributed by atoms with E-state index >= 15 is 0 Å². The first kappa shape index (κ1) is 20.3. The lowest BCUT2D eigenvalue weighted by atomic mass is 9.92. The van der Waals surface area contributed by atoms with E-state index < -0.39 is 5.91 Å². The molecular formula is C26H25N3O3. The van der Waals surface area contributed by atoms with E-state index in [1.165, 1.54) is 18.4 Å². The summed E-state index contributed by atoms with van der Waals surface area (Å²) in [7, 11) is 0. The van der Waals surface area contributed by atoms with Crippen LogP contribution in [0, 0.1) is 0 Å². The molecule has 3 heterocycles. The molecule has 2 aliphatic heterocycles. The second-order valence-corrected chi connectivity index (χ2v) is 8.17. The van der Waals surface area contributed by atoms with Crippen molar-refractivity contribution < 1.29 is 14.0 Å². The molecule has 1 aromatic heterocycles. The predicted molar refractivity (Wildman–Crippen MR) is 124 cm³/mol. The summed E-state index contributed by atoms with van der Waals surface area (Å²) in [5.74, 6) is -0.803. The molecule has 2 N–H and O–H groups in total. The van der Waals surface area contributed by atoms with Crippen molar-refractivity contribution in [1.82, 2.24) is 10.2 Å². The SMILES string of the molecule is CCN1CCCC1c1ccc(N/C=C2\C(=O)NC(=O)c3ccc(-c4ccoc4)cc32)cc1. The molecule has 0 aliphatic carbocycles. The molecule has 2 aliphatic rings. The number of hydrogen-bond donors (Lipinski definition) is 2. The molecular weight excluding hydrogens is 402 g/mol. The second-order valence-electron chi connectivity index (χ2n) is 8.17. The number of rotatable bonds is 5. The summed E-state index contributed by atoms with van der Waals surface area (Å²) in [5, 5.41) is 5.65. The van der Waals surface area contributed by atoms with Crippen LogP contribution in [0.25, 0.3) is 16.7 Å². The fourth-order valence-electron chi connectivity index (χ4n) is 4.62. The molecule has 1 atom stereocenters. The number of carbonyl (C=O) groups is 2. The first-order valence-electron chi connectivity index (χ1n) is 11.0. The van der Waals surface area contributed by atoms with Crippen LogP contribution >= 0.6 is 0 Å². The Kier molecular flexibility index (Phi) is 5.37. The van der Waals surface area contributed by atoms with E-state index in [-0.39, 0.29) is 5.91 Å². The summed E-state index contributed by atoms with van der Waals surface area (Å²) < 4.78 is 5.17. The highest BCUT2D eigenvalue weighted by Crippen LogP contribution is 2.33. The zero-order chi connectivity index (χ0) is 22.1. The van der Waals surface area contributed by atoms with Gasteiger partial charge in [-0.3, -0.25) is 19.8 Å².